The molecule has 4 aromatic rings. The van der Waals surface area contributed by atoms with Crippen molar-refractivity contribution in [3.05, 3.63) is 71.5 Å². The second-order valence-corrected chi connectivity index (χ2v) is 11.9. The number of H-pyrrole nitrogens is 1. The van der Waals surface area contributed by atoms with Gasteiger partial charge < -0.3 is 29.2 Å². The van der Waals surface area contributed by atoms with Crippen molar-refractivity contribution in [1.82, 2.24) is 20.2 Å². The van der Waals surface area contributed by atoms with Gasteiger partial charge in [0.1, 0.15) is 18.1 Å². The minimum absolute atomic E-state index is 0.0321. The van der Waals surface area contributed by atoms with Crippen LogP contribution in [0.5, 0.6) is 5.75 Å². The number of amides is 3. The largest absolute Gasteiger partial charge is 0.490 e. The number of rotatable bonds is 17. The zero-order valence-electron chi connectivity index (χ0n) is 27.0. The number of aromatic amines is 1. The molecule has 3 heterocycles. The Kier molecular flexibility index (Phi) is 11.0. The second kappa shape index (κ2) is 15.9. The van der Waals surface area contributed by atoms with Crippen LogP contribution >= 0.6 is 0 Å². The monoisotopic (exact) mass is 670 g/mol. The number of fused-ring (bicyclic) bond motifs is 4. The molecule has 2 aromatic heterocycles. The molecule has 3 amide bonds. The average Bonchev–Trinajstić information content (AvgIpc) is 3.59. The number of Topliss-reactive ketones (excluding diaryl/α,β-unsaturated/α-hetero) is 2. The van der Waals surface area contributed by atoms with Gasteiger partial charge in [-0.2, -0.15) is 0 Å². The van der Waals surface area contributed by atoms with Crippen molar-refractivity contribution in [3.63, 3.8) is 0 Å². The fourth-order valence-corrected chi connectivity index (χ4v) is 6.12. The van der Waals surface area contributed by atoms with Crippen molar-refractivity contribution in [2.45, 2.75) is 38.1 Å². The standard InChI is InChI=1S/C36H38N4O9/c41-24-6-8-30(31(42)21-24)40-35(44)26-2-1-3-32(34(26)36(40)45)49-19-18-48-17-16-47-15-14-46-13-12-38-33(43)9-5-23-4-7-25-27-22-37-11-10-28(27)39-29(25)20-23/h1-4,7,10-11,20,22,30,39H,5-6,8-9,12-19,21H2,(H,38,43). The number of carbonyl (C=O) groups excluding carboxylic acids is 5. The summed E-state index contributed by atoms with van der Waals surface area (Å²) in [6.07, 6.45) is 4.68. The summed E-state index contributed by atoms with van der Waals surface area (Å²) in [7, 11) is 0. The molecule has 1 unspecified atom stereocenters. The third-order valence-electron chi connectivity index (χ3n) is 8.56. The maximum atomic E-state index is 13.1. The van der Waals surface area contributed by atoms with Crippen LogP contribution in [0, 0.1) is 0 Å². The van der Waals surface area contributed by atoms with Crippen LogP contribution in [0.2, 0.25) is 0 Å². The lowest BCUT2D eigenvalue weighted by Gasteiger charge is -2.27. The van der Waals surface area contributed by atoms with E-state index in [9.17, 15) is 24.0 Å². The highest BCUT2D eigenvalue weighted by Gasteiger charge is 2.45. The van der Waals surface area contributed by atoms with Gasteiger partial charge in [-0.1, -0.05) is 18.2 Å². The third kappa shape index (κ3) is 8.02. The Labute approximate surface area is 282 Å². The summed E-state index contributed by atoms with van der Waals surface area (Å²) in [5.74, 6) is -1.52. The van der Waals surface area contributed by atoms with Crippen molar-refractivity contribution in [1.29, 1.82) is 0 Å². The topological polar surface area (TPSA) is 166 Å². The number of ether oxygens (including phenoxy) is 4. The molecular weight excluding hydrogens is 632 g/mol. The van der Waals surface area contributed by atoms with Gasteiger partial charge in [0.2, 0.25) is 5.91 Å². The number of aryl methyl sites for hydroxylation is 1. The van der Waals surface area contributed by atoms with E-state index in [0.717, 1.165) is 32.3 Å². The highest BCUT2D eigenvalue weighted by molar-refractivity contribution is 6.24. The van der Waals surface area contributed by atoms with Crippen LogP contribution in [0.15, 0.2) is 54.9 Å². The van der Waals surface area contributed by atoms with E-state index in [-0.39, 0.29) is 61.0 Å². The fraction of sp³-hybridized carbons (Fsp3) is 0.389. The summed E-state index contributed by atoms with van der Waals surface area (Å²) >= 11 is 0. The van der Waals surface area contributed by atoms with E-state index >= 15 is 0 Å². The lowest BCUT2D eigenvalue weighted by Crippen LogP contribution is -2.47. The van der Waals surface area contributed by atoms with E-state index in [0.29, 0.717) is 52.4 Å². The summed E-state index contributed by atoms with van der Waals surface area (Å²) in [6, 6.07) is 12.0. The number of aromatic nitrogens is 2. The molecule has 1 aliphatic carbocycles. The maximum absolute atomic E-state index is 13.1. The zero-order chi connectivity index (χ0) is 34.2. The molecule has 1 fully saturated rings. The number of nitrogens with zero attached hydrogens (tertiary/aromatic N) is 2. The van der Waals surface area contributed by atoms with Gasteiger partial charge in [0.15, 0.2) is 5.78 Å². The number of hydrogen-bond donors (Lipinski definition) is 2. The molecule has 0 radical (unpaired) electrons. The summed E-state index contributed by atoms with van der Waals surface area (Å²) < 4.78 is 22.3. The molecule has 49 heavy (non-hydrogen) atoms. The van der Waals surface area contributed by atoms with Gasteiger partial charge in [-0.05, 0) is 42.7 Å². The Balaban J connectivity index is 0.790. The summed E-state index contributed by atoms with van der Waals surface area (Å²) in [5, 5.41) is 5.08. The quantitative estimate of drug-likeness (QED) is 0.0968. The third-order valence-corrected chi connectivity index (χ3v) is 8.56. The van der Waals surface area contributed by atoms with E-state index in [1.54, 1.807) is 18.3 Å². The van der Waals surface area contributed by atoms with Gasteiger partial charge in [-0.25, -0.2) is 0 Å². The van der Waals surface area contributed by atoms with Gasteiger partial charge >= 0.3 is 0 Å². The second-order valence-electron chi connectivity index (χ2n) is 11.9. The molecule has 1 saturated carbocycles. The van der Waals surface area contributed by atoms with Crippen LogP contribution < -0.4 is 10.1 Å². The SMILES string of the molecule is O=C1CCC(N2C(=O)c3cccc(OCCOCCOCCOCCNC(=O)CCc4ccc5c(c4)[nH]c4ccncc45)c3C2=O)C(=O)C1. The maximum Gasteiger partial charge on any atom is 0.266 e. The van der Waals surface area contributed by atoms with Gasteiger partial charge in [0.25, 0.3) is 11.8 Å². The molecule has 0 spiro atoms. The Morgan fingerprint density at radius 2 is 1.65 bits per heavy atom. The van der Waals surface area contributed by atoms with Crippen molar-refractivity contribution in [2.24, 2.45) is 0 Å². The van der Waals surface area contributed by atoms with Crippen LogP contribution in [-0.4, -0.2) is 103 Å². The fourth-order valence-electron chi connectivity index (χ4n) is 6.12. The molecule has 2 N–H and O–H groups in total. The highest BCUT2D eigenvalue weighted by atomic mass is 16.6. The molecule has 2 aromatic carbocycles. The van der Waals surface area contributed by atoms with Crippen LogP contribution in [-0.2, 0) is 35.0 Å². The van der Waals surface area contributed by atoms with Gasteiger partial charge in [0.05, 0.1) is 63.2 Å². The number of nitrogens with one attached hydrogen (secondary N) is 2. The first-order valence-electron chi connectivity index (χ1n) is 16.4. The lowest BCUT2D eigenvalue weighted by molar-refractivity contribution is -0.132. The van der Waals surface area contributed by atoms with Gasteiger partial charge in [0, 0.05) is 53.6 Å². The van der Waals surface area contributed by atoms with E-state index in [2.05, 4.69) is 27.4 Å². The molecule has 6 rings (SSSR count). The number of pyridine rings is 1. The van der Waals surface area contributed by atoms with Crippen LogP contribution in [0.1, 0.15) is 52.0 Å². The zero-order valence-corrected chi connectivity index (χ0v) is 27.0. The van der Waals surface area contributed by atoms with E-state index in [4.69, 9.17) is 18.9 Å². The van der Waals surface area contributed by atoms with Crippen molar-refractivity contribution in [3.8, 4) is 5.75 Å². The Morgan fingerprint density at radius 3 is 2.45 bits per heavy atom. The molecule has 1 atom stereocenters. The van der Waals surface area contributed by atoms with Crippen molar-refractivity contribution >= 4 is 51.1 Å². The first-order valence-corrected chi connectivity index (χ1v) is 16.4. The molecule has 1 aliphatic heterocycles. The smallest absolute Gasteiger partial charge is 0.266 e. The Bertz CT molecular complexity index is 1870. The molecule has 0 bridgehead atoms. The first-order chi connectivity index (χ1) is 23.9. The van der Waals surface area contributed by atoms with E-state index in [1.165, 1.54) is 6.07 Å². The minimum atomic E-state index is -0.930. The normalized spacial score (nSPS) is 16.2. The van der Waals surface area contributed by atoms with Crippen molar-refractivity contribution < 1.29 is 42.9 Å². The molecule has 0 saturated heterocycles. The summed E-state index contributed by atoms with van der Waals surface area (Å²) in [4.78, 5) is 70.9. The Hall–Kier alpha value is -4.98. The number of benzene rings is 2. The number of ketones is 2. The molecular formula is C36H38N4O9. The minimum Gasteiger partial charge on any atom is -0.490 e. The Morgan fingerprint density at radius 1 is 0.878 bits per heavy atom. The van der Waals surface area contributed by atoms with Crippen LogP contribution in [0.25, 0.3) is 21.8 Å². The first kappa shape index (κ1) is 33.9. The van der Waals surface area contributed by atoms with E-state index in [1.807, 2.05) is 18.3 Å². The van der Waals surface area contributed by atoms with Crippen molar-refractivity contribution in [2.75, 3.05) is 52.8 Å². The van der Waals surface area contributed by atoms with Crippen LogP contribution in [0.3, 0.4) is 0 Å². The predicted molar refractivity (Wildman–Crippen MR) is 177 cm³/mol. The number of carbonyl (C=O) groups is 5. The van der Waals surface area contributed by atoms with Crippen LogP contribution in [0.4, 0.5) is 0 Å². The number of imide groups is 1. The molecule has 13 nitrogen and oxygen atoms in total. The average molecular weight is 671 g/mol. The lowest BCUT2D eigenvalue weighted by atomic mass is 9.92. The van der Waals surface area contributed by atoms with Gasteiger partial charge in [-0.15, -0.1) is 0 Å². The predicted octanol–water partition coefficient (Wildman–Crippen LogP) is 3.18. The number of hydrogen-bond acceptors (Lipinski definition) is 10. The summed E-state index contributed by atoms with van der Waals surface area (Å²) in [5.41, 5.74) is 3.46. The molecule has 13 heteroatoms. The molecule has 256 valence electrons. The summed E-state index contributed by atoms with van der Waals surface area (Å²) in [6.45, 7) is 2.59. The molecule has 2 aliphatic rings. The highest BCUT2D eigenvalue weighted by Crippen LogP contribution is 2.34. The van der Waals surface area contributed by atoms with E-state index < -0.39 is 23.6 Å². The van der Waals surface area contributed by atoms with Gasteiger partial charge in [-0.3, -0.25) is 33.9 Å².